The zero-order valence-corrected chi connectivity index (χ0v) is 13.6. The molecular weight excluding hydrogens is 296 g/mol. The molecule has 1 N–H and O–H groups in total. The first-order valence-corrected chi connectivity index (χ1v) is 7.85. The largest absolute Gasteiger partial charge is 0.348 e. The fourth-order valence-electron chi connectivity index (χ4n) is 2.81. The van der Waals surface area contributed by atoms with Crippen molar-refractivity contribution in [1.82, 2.24) is 19.2 Å². The fraction of sp³-hybridized carbons (Fsp3) is 0.375. The summed E-state index contributed by atoms with van der Waals surface area (Å²) in [6, 6.07) is 9.80. The highest BCUT2D eigenvalue weighted by atomic mass is 32.1. The Bertz CT molecular complexity index is 655. The van der Waals surface area contributed by atoms with E-state index in [1.807, 2.05) is 49.1 Å². The molecule has 0 saturated carbocycles. The molecule has 2 amide bonds. The maximum atomic E-state index is 12.8. The first-order chi connectivity index (χ1) is 10.6. The molecule has 0 radical (unpaired) electrons. The molecule has 6 heteroatoms. The minimum Gasteiger partial charge on any atom is -0.348 e. The van der Waals surface area contributed by atoms with E-state index in [4.69, 9.17) is 0 Å². The summed E-state index contributed by atoms with van der Waals surface area (Å²) in [5.74, 6) is 0. The molecule has 1 atom stereocenters. The molecule has 0 fully saturated rings. The number of carbonyl (C=O) groups is 1. The van der Waals surface area contributed by atoms with Crippen LogP contribution in [0, 0.1) is 0 Å². The van der Waals surface area contributed by atoms with Gasteiger partial charge in [-0.1, -0.05) is 43.1 Å². The number of amides is 2. The Hall–Kier alpha value is -1.95. The van der Waals surface area contributed by atoms with Crippen LogP contribution in [0.25, 0.3) is 0 Å². The van der Waals surface area contributed by atoms with Crippen molar-refractivity contribution in [1.29, 1.82) is 0 Å². The van der Waals surface area contributed by atoms with Gasteiger partial charge in [-0.2, -0.15) is 0 Å². The number of fused-ring (bicyclic) bond motifs is 1. The molecule has 0 aliphatic carbocycles. The highest BCUT2D eigenvalue weighted by Crippen LogP contribution is 2.34. The number of aromatic nitrogens is 2. The van der Waals surface area contributed by atoms with Crippen LogP contribution in [0.5, 0.6) is 0 Å². The molecule has 1 aliphatic rings. The first-order valence-electron chi connectivity index (χ1n) is 7.45. The van der Waals surface area contributed by atoms with E-state index < -0.39 is 0 Å². The number of rotatable bonds is 2. The zero-order chi connectivity index (χ0) is 15.7. The molecule has 3 rings (SSSR count). The van der Waals surface area contributed by atoms with Crippen molar-refractivity contribution in [2.45, 2.75) is 32.4 Å². The number of H-pyrrole nitrogens is 1. The standard InChI is InChI=1S/C16H20N4OS/c1-11(2)20(22)16(21)19-9-8-13-14(18-10-17-13)15(19)12-6-4-3-5-7-12/h3-7,10-11,15,22H,8-9H2,1-2H3,(H,17,18). The number of hydrogen-bond donors (Lipinski definition) is 2. The highest BCUT2D eigenvalue weighted by Gasteiger charge is 2.35. The van der Waals surface area contributed by atoms with Crippen molar-refractivity contribution in [3.63, 3.8) is 0 Å². The molecule has 1 aliphatic heterocycles. The number of aromatic amines is 1. The molecule has 1 aromatic heterocycles. The third kappa shape index (κ3) is 2.59. The maximum absolute atomic E-state index is 12.8. The van der Waals surface area contributed by atoms with Crippen molar-refractivity contribution in [2.24, 2.45) is 0 Å². The fourth-order valence-corrected chi connectivity index (χ4v) is 2.92. The van der Waals surface area contributed by atoms with E-state index in [1.165, 1.54) is 4.31 Å². The van der Waals surface area contributed by atoms with Crippen molar-refractivity contribution in [2.75, 3.05) is 6.54 Å². The smallest absolute Gasteiger partial charge is 0.330 e. The third-order valence-electron chi connectivity index (χ3n) is 3.97. The summed E-state index contributed by atoms with van der Waals surface area (Å²) in [5.41, 5.74) is 3.10. The van der Waals surface area contributed by atoms with Crippen LogP contribution in [0.15, 0.2) is 36.7 Å². The normalized spacial score (nSPS) is 17.5. The van der Waals surface area contributed by atoms with Gasteiger partial charge in [0, 0.05) is 24.7 Å². The number of urea groups is 1. The number of nitrogens with zero attached hydrogens (tertiary/aromatic N) is 3. The van der Waals surface area contributed by atoms with Gasteiger partial charge in [0.1, 0.15) is 6.04 Å². The van der Waals surface area contributed by atoms with E-state index in [9.17, 15) is 4.79 Å². The Morgan fingerprint density at radius 2 is 2.14 bits per heavy atom. The lowest BCUT2D eigenvalue weighted by atomic mass is 9.96. The molecule has 0 bridgehead atoms. The summed E-state index contributed by atoms with van der Waals surface area (Å²) >= 11 is 4.35. The van der Waals surface area contributed by atoms with Crippen LogP contribution in [0.3, 0.4) is 0 Å². The van der Waals surface area contributed by atoms with E-state index in [2.05, 4.69) is 22.8 Å². The van der Waals surface area contributed by atoms with Crippen molar-refractivity contribution < 1.29 is 4.79 Å². The molecule has 5 nitrogen and oxygen atoms in total. The number of benzene rings is 1. The molecular formula is C16H20N4OS. The van der Waals surface area contributed by atoms with Gasteiger partial charge in [-0.15, -0.1) is 0 Å². The first kappa shape index (κ1) is 15.0. The van der Waals surface area contributed by atoms with Crippen LogP contribution in [-0.2, 0) is 6.42 Å². The minimum absolute atomic E-state index is 0.0350. The summed E-state index contributed by atoms with van der Waals surface area (Å²) in [6.45, 7) is 4.55. The van der Waals surface area contributed by atoms with E-state index in [-0.39, 0.29) is 18.1 Å². The van der Waals surface area contributed by atoms with Crippen LogP contribution in [0.4, 0.5) is 4.79 Å². The van der Waals surface area contributed by atoms with E-state index in [0.29, 0.717) is 6.54 Å². The van der Waals surface area contributed by atoms with Crippen LogP contribution < -0.4 is 0 Å². The monoisotopic (exact) mass is 316 g/mol. The Labute approximate surface area is 135 Å². The third-order valence-corrected chi connectivity index (χ3v) is 4.60. The Balaban J connectivity index is 2.01. The van der Waals surface area contributed by atoms with Crippen LogP contribution in [0.1, 0.15) is 36.8 Å². The van der Waals surface area contributed by atoms with E-state index in [1.54, 1.807) is 6.33 Å². The molecule has 1 unspecified atom stereocenters. The lowest BCUT2D eigenvalue weighted by molar-refractivity contribution is 0.157. The number of nitrogens with one attached hydrogen (secondary N) is 1. The number of carbonyl (C=O) groups excluding carboxylic acids is 1. The van der Waals surface area contributed by atoms with E-state index >= 15 is 0 Å². The molecule has 116 valence electrons. The Morgan fingerprint density at radius 3 is 2.82 bits per heavy atom. The second-order valence-corrected chi connectivity index (χ2v) is 6.17. The molecule has 0 saturated heterocycles. The summed E-state index contributed by atoms with van der Waals surface area (Å²) in [7, 11) is 0. The SMILES string of the molecule is CC(C)N(S)C(=O)N1CCc2[nH]cnc2C1c1ccccc1. The summed E-state index contributed by atoms with van der Waals surface area (Å²) in [4.78, 5) is 22.3. The van der Waals surface area contributed by atoms with Gasteiger partial charge in [0.2, 0.25) is 0 Å². The van der Waals surface area contributed by atoms with Crippen molar-refractivity contribution in [3.05, 3.63) is 53.6 Å². The van der Waals surface area contributed by atoms with Gasteiger partial charge in [0.15, 0.2) is 0 Å². The number of thiol groups is 1. The number of hydrogen-bond acceptors (Lipinski definition) is 3. The molecule has 1 aromatic carbocycles. The Kier molecular flexibility index (Phi) is 4.11. The Morgan fingerprint density at radius 1 is 1.41 bits per heavy atom. The van der Waals surface area contributed by atoms with Gasteiger partial charge in [-0.25, -0.2) is 9.78 Å². The zero-order valence-electron chi connectivity index (χ0n) is 12.7. The summed E-state index contributed by atoms with van der Waals surface area (Å²) in [6.07, 6.45) is 2.49. The van der Waals surface area contributed by atoms with Gasteiger partial charge >= 0.3 is 6.03 Å². The minimum atomic E-state index is -0.169. The van der Waals surface area contributed by atoms with Crippen LogP contribution in [-0.4, -0.2) is 37.8 Å². The van der Waals surface area contributed by atoms with Crippen LogP contribution in [0.2, 0.25) is 0 Å². The predicted molar refractivity (Wildman–Crippen MR) is 88.6 cm³/mol. The van der Waals surface area contributed by atoms with Gasteiger partial charge in [-0.05, 0) is 19.4 Å². The van der Waals surface area contributed by atoms with Gasteiger partial charge < -0.3 is 9.88 Å². The lowest BCUT2D eigenvalue weighted by Gasteiger charge is -2.38. The van der Waals surface area contributed by atoms with Gasteiger partial charge in [0.25, 0.3) is 0 Å². The second kappa shape index (κ2) is 6.04. The van der Waals surface area contributed by atoms with Crippen molar-refractivity contribution >= 4 is 18.8 Å². The lowest BCUT2D eigenvalue weighted by Crippen LogP contribution is -2.46. The van der Waals surface area contributed by atoms with E-state index in [0.717, 1.165) is 23.4 Å². The topological polar surface area (TPSA) is 52.2 Å². The van der Waals surface area contributed by atoms with Crippen LogP contribution >= 0.6 is 12.8 Å². The molecule has 0 spiro atoms. The highest BCUT2D eigenvalue weighted by molar-refractivity contribution is 7.78. The molecule has 22 heavy (non-hydrogen) atoms. The predicted octanol–water partition coefficient (Wildman–Crippen LogP) is 3.03. The summed E-state index contributed by atoms with van der Waals surface area (Å²) < 4.78 is 1.48. The summed E-state index contributed by atoms with van der Waals surface area (Å²) in [5, 5.41) is 0. The molecule has 2 heterocycles. The average Bonchev–Trinajstić information content (AvgIpc) is 3.01. The second-order valence-electron chi connectivity index (χ2n) is 5.74. The average molecular weight is 316 g/mol. The van der Waals surface area contributed by atoms with Crippen molar-refractivity contribution in [3.8, 4) is 0 Å². The maximum Gasteiger partial charge on any atom is 0.330 e. The van der Waals surface area contributed by atoms with Gasteiger partial charge in [-0.3, -0.25) is 4.31 Å². The number of imidazole rings is 1. The quantitative estimate of drug-likeness (QED) is 0.837. The molecule has 2 aromatic rings. The van der Waals surface area contributed by atoms with Gasteiger partial charge in [0.05, 0.1) is 12.0 Å².